The Hall–Kier alpha value is -2.32. The molecule has 1 aliphatic rings. The number of alkyl halides is 3. The highest BCUT2D eigenvalue weighted by atomic mass is 19.4. The van der Waals surface area contributed by atoms with Gasteiger partial charge in [-0.05, 0) is 49.2 Å². The second kappa shape index (κ2) is 5.95. The molecule has 0 unspecified atom stereocenters. The molecule has 0 fully saturated rings. The second-order valence-electron chi connectivity index (χ2n) is 6.25. The third-order valence-electron chi connectivity index (χ3n) is 3.75. The Balaban J connectivity index is 1.74. The summed E-state index contributed by atoms with van der Waals surface area (Å²) in [6.45, 7) is 2.62. The van der Waals surface area contributed by atoms with Gasteiger partial charge in [-0.3, -0.25) is 0 Å². The Morgan fingerprint density at radius 3 is 2.88 bits per heavy atom. The van der Waals surface area contributed by atoms with Crippen LogP contribution in [0.25, 0.3) is 0 Å². The number of benzene rings is 1. The summed E-state index contributed by atoms with van der Waals surface area (Å²) in [6, 6.07) is 5.41. The van der Waals surface area contributed by atoms with Gasteiger partial charge in [0.2, 0.25) is 0 Å². The molecule has 9 heteroatoms. The summed E-state index contributed by atoms with van der Waals surface area (Å²) in [5.74, 6) is 1.32. The van der Waals surface area contributed by atoms with Crippen molar-refractivity contribution in [1.29, 1.82) is 0 Å². The van der Waals surface area contributed by atoms with Gasteiger partial charge in [-0.1, -0.05) is 6.07 Å². The molecule has 0 saturated heterocycles. The molecule has 6 nitrogen and oxygen atoms in total. The van der Waals surface area contributed by atoms with Crippen molar-refractivity contribution < 1.29 is 22.6 Å². The number of hydrogen-bond donors (Lipinski definition) is 0. The maximum atomic E-state index is 12.5. The molecule has 1 aromatic heterocycles. The van der Waals surface area contributed by atoms with Crippen LogP contribution in [0.15, 0.2) is 18.2 Å². The zero-order valence-corrected chi connectivity index (χ0v) is 13.3. The van der Waals surface area contributed by atoms with E-state index in [1.165, 1.54) is 0 Å². The van der Waals surface area contributed by atoms with E-state index in [9.17, 15) is 13.2 Å². The van der Waals surface area contributed by atoms with Crippen LogP contribution in [-0.4, -0.2) is 32.0 Å². The monoisotopic (exact) mass is 342 g/mol. The largest absolute Gasteiger partial charge is 0.487 e. The van der Waals surface area contributed by atoms with Gasteiger partial charge in [-0.2, -0.15) is 13.2 Å². The predicted octanol–water partition coefficient (Wildman–Crippen LogP) is 2.92. The summed E-state index contributed by atoms with van der Waals surface area (Å²) in [6.07, 6.45) is -2.80. The Kier molecular flexibility index (Phi) is 4.10. The molecule has 0 saturated carbocycles. The van der Waals surface area contributed by atoms with Crippen LogP contribution < -0.4 is 9.47 Å². The predicted molar refractivity (Wildman–Crippen MR) is 77.7 cm³/mol. The first-order valence-electron chi connectivity index (χ1n) is 7.49. The van der Waals surface area contributed by atoms with Crippen molar-refractivity contribution in [1.82, 2.24) is 20.2 Å². The summed E-state index contributed by atoms with van der Waals surface area (Å²) in [7, 11) is 0. The van der Waals surface area contributed by atoms with Crippen molar-refractivity contribution in [2.45, 2.75) is 51.6 Å². The van der Waals surface area contributed by atoms with E-state index in [0.717, 1.165) is 24.2 Å². The SMILES string of the molecule is CC1(C)CCc2c(OCc3nnnn3CC(F)(F)F)cccc2O1. The van der Waals surface area contributed by atoms with Crippen molar-refractivity contribution in [2.24, 2.45) is 0 Å². The summed E-state index contributed by atoms with van der Waals surface area (Å²) >= 11 is 0. The fourth-order valence-corrected chi connectivity index (χ4v) is 2.56. The van der Waals surface area contributed by atoms with E-state index in [0.29, 0.717) is 10.4 Å². The van der Waals surface area contributed by atoms with Crippen molar-refractivity contribution in [3.8, 4) is 11.5 Å². The maximum absolute atomic E-state index is 12.5. The van der Waals surface area contributed by atoms with E-state index in [1.54, 1.807) is 12.1 Å². The maximum Gasteiger partial charge on any atom is 0.408 e. The van der Waals surface area contributed by atoms with Crippen molar-refractivity contribution >= 4 is 0 Å². The van der Waals surface area contributed by atoms with Gasteiger partial charge in [0, 0.05) is 5.56 Å². The van der Waals surface area contributed by atoms with Crippen molar-refractivity contribution in [2.75, 3.05) is 0 Å². The van der Waals surface area contributed by atoms with E-state index in [2.05, 4.69) is 15.5 Å². The van der Waals surface area contributed by atoms with E-state index in [1.807, 2.05) is 19.9 Å². The molecule has 0 aliphatic carbocycles. The second-order valence-corrected chi connectivity index (χ2v) is 6.25. The molecule has 24 heavy (non-hydrogen) atoms. The number of tetrazole rings is 1. The highest BCUT2D eigenvalue weighted by Gasteiger charge is 2.31. The molecule has 0 amide bonds. The normalized spacial score (nSPS) is 16.4. The zero-order valence-electron chi connectivity index (χ0n) is 13.3. The smallest absolute Gasteiger partial charge is 0.408 e. The molecule has 0 radical (unpaired) electrons. The summed E-state index contributed by atoms with van der Waals surface area (Å²) in [5, 5.41) is 10.2. The first-order valence-corrected chi connectivity index (χ1v) is 7.49. The topological polar surface area (TPSA) is 62.1 Å². The van der Waals surface area contributed by atoms with Crippen LogP contribution in [0.5, 0.6) is 11.5 Å². The Morgan fingerprint density at radius 2 is 2.12 bits per heavy atom. The number of aromatic nitrogens is 4. The van der Waals surface area contributed by atoms with Crippen LogP contribution in [0.1, 0.15) is 31.7 Å². The molecular formula is C15H17F3N4O2. The molecule has 0 spiro atoms. The van der Waals surface area contributed by atoms with Gasteiger partial charge in [-0.25, -0.2) is 4.68 Å². The molecule has 1 aromatic carbocycles. The van der Waals surface area contributed by atoms with Gasteiger partial charge in [0.25, 0.3) is 0 Å². The van der Waals surface area contributed by atoms with Crippen LogP contribution >= 0.6 is 0 Å². The van der Waals surface area contributed by atoms with E-state index < -0.39 is 12.7 Å². The van der Waals surface area contributed by atoms with Crippen LogP contribution in [0.3, 0.4) is 0 Å². The van der Waals surface area contributed by atoms with Crippen LogP contribution in [-0.2, 0) is 19.6 Å². The van der Waals surface area contributed by atoms with Crippen LogP contribution in [0.2, 0.25) is 0 Å². The molecule has 130 valence electrons. The fraction of sp³-hybridized carbons (Fsp3) is 0.533. The first kappa shape index (κ1) is 16.5. The van der Waals surface area contributed by atoms with E-state index >= 15 is 0 Å². The molecular weight excluding hydrogens is 325 g/mol. The highest BCUT2D eigenvalue weighted by molar-refractivity contribution is 5.46. The Labute approximate surface area is 136 Å². The quantitative estimate of drug-likeness (QED) is 0.855. The number of fused-ring (bicyclic) bond motifs is 1. The number of rotatable bonds is 4. The van der Waals surface area contributed by atoms with Crippen LogP contribution in [0.4, 0.5) is 13.2 Å². The standard InChI is InChI=1S/C15H17F3N4O2/c1-14(2)7-6-10-11(4-3-5-12(10)24-14)23-8-13-19-20-21-22(13)9-15(16,17)18/h3-5H,6-9H2,1-2H3. The van der Waals surface area contributed by atoms with Gasteiger partial charge < -0.3 is 9.47 Å². The molecule has 2 heterocycles. The number of ether oxygens (including phenoxy) is 2. The summed E-state index contributed by atoms with van der Waals surface area (Å²) < 4.78 is 49.7. The molecule has 0 bridgehead atoms. The number of hydrogen-bond acceptors (Lipinski definition) is 5. The molecule has 0 atom stereocenters. The third-order valence-corrected chi connectivity index (χ3v) is 3.75. The van der Waals surface area contributed by atoms with Crippen molar-refractivity contribution in [3.05, 3.63) is 29.6 Å². The van der Waals surface area contributed by atoms with Crippen molar-refractivity contribution in [3.63, 3.8) is 0 Å². The average Bonchev–Trinajstić information content (AvgIpc) is 2.88. The molecule has 3 rings (SSSR count). The van der Waals surface area contributed by atoms with Crippen LogP contribution in [0, 0.1) is 0 Å². The molecule has 1 aliphatic heterocycles. The third kappa shape index (κ3) is 3.77. The van der Waals surface area contributed by atoms with E-state index in [-0.39, 0.29) is 18.0 Å². The number of nitrogens with zero attached hydrogens (tertiary/aromatic N) is 4. The zero-order chi connectivity index (χ0) is 17.4. The Morgan fingerprint density at radius 1 is 1.33 bits per heavy atom. The average molecular weight is 342 g/mol. The lowest BCUT2D eigenvalue weighted by atomic mass is 9.94. The lowest BCUT2D eigenvalue weighted by molar-refractivity contribution is -0.143. The molecule has 0 N–H and O–H groups in total. The minimum absolute atomic E-state index is 0.0157. The van der Waals surface area contributed by atoms with E-state index in [4.69, 9.17) is 9.47 Å². The lowest BCUT2D eigenvalue weighted by Crippen LogP contribution is -2.32. The Bertz CT molecular complexity index is 728. The molecule has 2 aromatic rings. The highest BCUT2D eigenvalue weighted by Crippen LogP contribution is 2.38. The fourth-order valence-electron chi connectivity index (χ4n) is 2.56. The van der Waals surface area contributed by atoms with Gasteiger partial charge in [0.05, 0.1) is 0 Å². The minimum Gasteiger partial charge on any atom is -0.487 e. The summed E-state index contributed by atoms with van der Waals surface area (Å²) in [5.41, 5.74) is 0.661. The van der Waals surface area contributed by atoms with Gasteiger partial charge in [0.15, 0.2) is 5.82 Å². The number of halogens is 3. The van der Waals surface area contributed by atoms with Gasteiger partial charge in [-0.15, -0.1) is 5.10 Å². The minimum atomic E-state index is -4.39. The van der Waals surface area contributed by atoms with Gasteiger partial charge in [0.1, 0.15) is 30.3 Å². The lowest BCUT2D eigenvalue weighted by Gasteiger charge is -2.33. The van der Waals surface area contributed by atoms with Gasteiger partial charge >= 0.3 is 6.18 Å². The first-order chi connectivity index (χ1) is 11.2. The summed E-state index contributed by atoms with van der Waals surface area (Å²) in [4.78, 5) is 0.